The van der Waals surface area contributed by atoms with Gasteiger partial charge in [0.05, 0.1) is 12.7 Å². The van der Waals surface area contributed by atoms with Crippen molar-refractivity contribution in [3.8, 4) is 0 Å². The Morgan fingerprint density at radius 1 is 1.81 bits per heavy atom. The van der Waals surface area contributed by atoms with E-state index in [1.165, 1.54) is 6.92 Å². The predicted octanol–water partition coefficient (Wildman–Crippen LogP) is 0.308. The summed E-state index contributed by atoms with van der Waals surface area (Å²) >= 11 is 0.740. The van der Waals surface area contributed by atoms with E-state index >= 15 is 0 Å². The lowest BCUT2D eigenvalue weighted by molar-refractivity contribution is 0.0666. The van der Waals surface area contributed by atoms with Crippen LogP contribution in [0, 0.1) is 0 Å². The Balaban J connectivity index is 3.06. The minimum atomic E-state index is -3.82. The van der Waals surface area contributed by atoms with Crippen molar-refractivity contribution in [2.75, 3.05) is 6.54 Å². The van der Waals surface area contributed by atoms with Gasteiger partial charge < -0.3 is 5.11 Å². The molecule has 10 heteroatoms. The van der Waals surface area contributed by atoms with Crippen LogP contribution in [-0.2, 0) is 15.6 Å². The maximum atomic E-state index is 11.0. The van der Waals surface area contributed by atoms with Gasteiger partial charge in [-0.2, -0.15) is 0 Å². The van der Waals surface area contributed by atoms with Gasteiger partial charge in [0.2, 0.25) is 10.0 Å². The second-order valence-corrected chi connectivity index (χ2v) is 6.01. The van der Waals surface area contributed by atoms with Crippen LogP contribution < -0.4 is 5.14 Å². The Bertz CT molecular complexity index is 528. The van der Waals surface area contributed by atoms with Crippen molar-refractivity contribution in [1.29, 1.82) is 0 Å². The summed E-state index contributed by atoms with van der Waals surface area (Å²) in [7, 11) is -3.82. The van der Waals surface area contributed by atoms with Crippen LogP contribution in [0.5, 0.6) is 0 Å². The Morgan fingerprint density at radius 3 is 2.88 bits per heavy atom. The number of nitrogens with two attached hydrogens (primary N) is 1. The highest BCUT2D eigenvalue weighted by Crippen LogP contribution is 2.27. The Hall–Kier alpha value is -1.19. The van der Waals surface area contributed by atoms with Crippen molar-refractivity contribution in [2.24, 2.45) is 10.3 Å². The van der Waals surface area contributed by atoms with Crippen LogP contribution in [-0.4, -0.2) is 25.1 Å². The molecule has 0 aliphatic rings. The molecule has 8 nitrogen and oxygen atoms in total. The topological polar surface area (TPSA) is 142 Å². The van der Waals surface area contributed by atoms with Gasteiger partial charge in [-0.15, -0.1) is 11.3 Å². The summed E-state index contributed by atoms with van der Waals surface area (Å²) in [4.78, 5) is 6.23. The molecule has 0 spiro atoms. The molecule has 0 saturated carbocycles. The molecule has 0 radical (unpaired) electrons. The molecule has 1 heterocycles. The van der Waals surface area contributed by atoms with Gasteiger partial charge in [-0.1, -0.05) is 5.11 Å². The van der Waals surface area contributed by atoms with Gasteiger partial charge in [-0.05, 0) is 12.5 Å². The summed E-state index contributed by atoms with van der Waals surface area (Å²) in [5.74, 6) is 0. The quantitative estimate of drug-likeness (QED) is 0.457. The van der Waals surface area contributed by atoms with E-state index in [9.17, 15) is 13.5 Å². The van der Waals surface area contributed by atoms with Gasteiger partial charge in [0.25, 0.3) is 0 Å². The van der Waals surface area contributed by atoms with Crippen LogP contribution in [0.3, 0.4) is 0 Å². The van der Waals surface area contributed by atoms with Gasteiger partial charge in [0.1, 0.15) is 10.6 Å². The molecule has 16 heavy (non-hydrogen) atoms. The molecule has 88 valence electrons. The Labute approximate surface area is 95.4 Å². The van der Waals surface area contributed by atoms with E-state index in [-0.39, 0.29) is 15.8 Å². The number of primary sulfonamides is 1. The molecule has 0 fully saturated rings. The molecule has 1 rings (SSSR count). The third kappa shape index (κ3) is 2.90. The highest BCUT2D eigenvalue weighted by molar-refractivity contribution is 7.91. The first-order valence-corrected chi connectivity index (χ1v) is 6.36. The molecular formula is C6H9N5O3S2. The van der Waals surface area contributed by atoms with E-state index in [1.54, 1.807) is 0 Å². The van der Waals surface area contributed by atoms with Crippen molar-refractivity contribution in [3.63, 3.8) is 0 Å². The molecular weight excluding hydrogens is 254 g/mol. The van der Waals surface area contributed by atoms with Crippen LogP contribution in [0.4, 0.5) is 0 Å². The van der Waals surface area contributed by atoms with Gasteiger partial charge >= 0.3 is 0 Å². The first kappa shape index (κ1) is 12.9. The average molecular weight is 263 g/mol. The number of hydrogen-bond acceptors (Lipinski definition) is 6. The van der Waals surface area contributed by atoms with Crippen molar-refractivity contribution in [1.82, 2.24) is 4.98 Å². The monoisotopic (exact) mass is 263 g/mol. The summed E-state index contributed by atoms with van der Waals surface area (Å²) in [6, 6.07) is 0. The number of aliphatic hydroxyl groups is 1. The van der Waals surface area contributed by atoms with Crippen molar-refractivity contribution in [3.05, 3.63) is 21.6 Å². The zero-order valence-electron chi connectivity index (χ0n) is 8.23. The van der Waals surface area contributed by atoms with Crippen molar-refractivity contribution >= 4 is 21.4 Å². The van der Waals surface area contributed by atoms with E-state index in [4.69, 9.17) is 10.7 Å². The molecule has 1 atom stereocenters. The first-order chi connectivity index (χ1) is 7.27. The maximum Gasteiger partial charge on any atom is 0.249 e. The average Bonchev–Trinajstić information content (AvgIpc) is 2.63. The van der Waals surface area contributed by atoms with E-state index in [0.717, 1.165) is 17.5 Å². The minimum Gasteiger partial charge on any atom is -0.383 e. The number of azide groups is 1. The number of aromatic nitrogens is 1. The summed E-state index contributed by atoms with van der Waals surface area (Å²) in [6.07, 6.45) is 1.06. The molecule has 0 amide bonds. The maximum absolute atomic E-state index is 11.0. The molecule has 0 aliphatic carbocycles. The Morgan fingerprint density at radius 2 is 2.44 bits per heavy atom. The standard InChI is InChI=1S/C6H9N5O3S2/c1-6(12,3-10-11-7)5-9-2-4(15-5)16(8,13)14/h2,12H,3H2,1H3,(H2,8,13,14)/t6-/m1/s1. The summed E-state index contributed by atoms with van der Waals surface area (Å²) in [6.45, 7) is 1.13. The van der Waals surface area contributed by atoms with Crippen LogP contribution in [0.2, 0.25) is 0 Å². The fourth-order valence-corrected chi connectivity index (χ4v) is 2.46. The third-order valence-electron chi connectivity index (χ3n) is 1.67. The highest BCUT2D eigenvalue weighted by Gasteiger charge is 2.27. The fourth-order valence-electron chi connectivity index (χ4n) is 0.877. The number of thiazole rings is 1. The van der Waals surface area contributed by atoms with Crippen LogP contribution >= 0.6 is 11.3 Å². The zero-order chi connectivity index (χ0) is 12.4. The van der Waals surface area contributed by atoms with Crippen LogP contribution in [0.1, 0.15) is 11.9 Å². The second kappa shape index (κ2) is 4.36. The van der Waals surface area contributed by atoms with Gasteiger partial charge in [0.15, 0.2) is 4.21 Å². The molecule has 0 aromatic carbocycles. The molecule has 3 N–H and O–H groups in total. The zero-order valence-corrected chi connectivity index (χ0v) is 9.86. The van der Waals surface area contributed by atoms with E-state index in [2.05, 4.69) is 15.0 Å². The summed E-state index contributed by atoms with van der Waals surface area (Å²) in [5, 5.41) is 18.1. The smallest absolute Gasteiger partial charge is 0.249 e. The number of rotatable bonds is 4. The molecule has 1 aromatic heterocycles. The normalized spacial score (nSPS) is 15.2. The second-order valence-electron chi connectivity index (χ2n) is 3.19. The fraction of sp³-hybridized carbons (Fsp3) is 0.500. The lowest BCUT2D eigenvalue weighted by atomic mass is 10.1. The van der Waals surface area contributed by atoms with Gasteiger partial charge in [0, 0.05) is 4.91 Å². The SMILES string of the molecule is C[C@@](O)(CN=[N+]=[N-])c1ncc(S(N)(=O)=O)s1. The lowest BCUT2D eigenvalue weighted by Gasteiger charge is -2.16. The first-order valence-electron chi connectivity index (χ1n) is 4.00. The van der Waals surface area contributed by atoms with Crippen LogP contribution in [0.15, 0.2) is 15.5 Å². The van der Waals surface area contributed by atoms with Gasteiger partial charge in [-0.3, -0.25) is 0 Å². The molecule has 0 bridgehead atoms. The third-order valence-corrected chi connectivity index (χ3v) is 4.33. The Kier molecular flexibility index (Phi) is 3.51. The van der Waals surface area contributed by atoms with Gasteiger partial charge in [-0.25, -0.2) is 18.5 Å². The highest BCUT2D eigenvalue weighted by atomic mass is 32.2. The largest absolute Gasteiger partial charge is 0.383 e. The number of sulfonamides is 1. The summed E-state index contributed by atoms with van der Waals surface area (Å²) in [5.41, 5.74) is 6.63. The van der Waals surface area contributed by atoms with E-state index in [1.807, 2.05) is 0 Å². The predicted molar refractivity (Wildman–Crippen MR) is 57.1 cm³/mol. The molecule has 0 aliphatic heterocycles. The van der Waals surface area contributed by atoms with Crippen LogP contribution in [0.25, 0.3) is 10.4 Å². The number of nitrogens with zero attached hydrogens (tertiary/aromatic N) is 4. The molecule has 0 unspecified atom stereocenters. The number of hydrogen-bond donors (Lipinski definition) is 2. The molecule has 0 saturated heterocycles. The molecule has 1 aromatic rings. The van der Waals surface area contributed by atoms with Crippen molar-refractivity contribution < 1.29 is 13.5 Å². The summed E-state index contributed by atoms with van der Waals surface area (Å²) < 4.78 is 21.8. The van der Waals surface area contributed by atoms with Crippen molar-refractivity contribution in [2.45, 2.75) is 16.7 Å². The lowest BCUT2D eigenvalue weighted by Crippen LogP contribution is -2.24. The van der Waals surface area contributed by atoms with E-state index < -0.39 is 15.6 Å². The van der Waals surface area contributed by atoms with E-state index in [0.29, 0.717) is 0 Å². The minimum absolute atomic E-state index is 0.129.